The Kier molecular flexibility index (Phi) is 2.87. The minimum atomic E-state index is 0.533. The summed E-state index contributed by atoms with van der Waals surface area (Å²) in [4.78, 5) is 4.28. The summed E-state index contributed by atoms with van der Waals surface area (Å²) >= 11 is 3.35. The van der Waals surface area contributed by atoms with Crippen molar-refractivity contribution in [1.82, 2.24) is 14.8 Å². The molecule has 19 heavy (non-hydrogen) atoms. The van der Waals surface area contributed by atoms with Gasteiger partial charge in [-0.1, -0.05) is 0 Å². The lowest BCUT2D eigenvalue weighted by atomic mass is 10.2. The average Bonchev–Trinajstić information content (AvgIpc) is 2.96. The molecule has 6 heteroatoms. The van der Waals surface area contributed by atoms with Gasteiger partial charge < -0.3 is 10.2 Å². The highest BCUT2D eigenvalue weighted by molar-refractivity contribution is 9.10. The molecular formula is C13H11BrN4O. The maximum atomic E-state index is 5.99. The van der Waals surface area contributed by atoms with E-state index in [2.05, 4.69) is 26.0 Å². The van der Waals surface area contributed by atoms with Gasteiger partial charge in [-0.2, -0.15) is 9.78 Å². The van der Waals surface area contributed by atoms with Crippen molar-refractivity contribution in [2.45, 2.75) is 6.92 Å². The Bertz CT molecular complexity index is 715. The normalized spacial score (nSPS) is 10.8. The molecule has 96 valence electrons. The van der Waals surface area contributed by atoms with Crippen molar-refractivity contribution in [3.63, 3.8) is 0 Å². The summed E-state index contributed by atoms with van der Waals surface area (Å²) in [5.74, 6) is 2.02. The van der Waals surface area contributed by atoms with Crippen LogP contribution in [0.2, 0.25) is 0 Å². The lowest BCUT2D eigenvalue weighted by Crippen LogP contribution is -2.03. The molecule has 2 N–H and O–H groups in total. The number of aryl methyl sites for hydroxylation is 1. The van der Waals surface area contributed by atoms with Crippen LogP contribution in [-0.4, -0.2) is 14.8 Å². The van der Waals surface area contributed by atoms with Gasteiger partial charge in [0.2, 0.25) is 0 Å². The summed E-state index contributed by atoms with van der Waals surface area (Å²) in [6, 6.07) is 7.42. The Morgan fingerprint density at radius 3 is 2.79 bits per heavy atom. The second-order valence-corrected chi connectivity index (χ2v) is 5.01. The summed E-state index contributed by atoms with van der Waals surface area (Å²) in [6.07, 6.45) is 3.34. The summed E-state index contributed by atoms with van der Waals surface area (Å²) in [6.45, 7) is 1.89. The zero-order valence-electron chi connectivity index (χ0n) is 10.2. The standard InChI is InChI=1S/C13H11BrN4O/c1-8-10(4-5-19-8)11-6-12(15)18(17-11)13-3-2-9(14)7-16-13/h2-7H,15H2,1H3. The van der Waals surface area contributed by atoms with Crippen LogP contribution in [0.25, 0.3) is 17.1 Å². The summed E-state index contributed by atoms with van der Waals surface area (Å²) in [5, 5.41) is 4.47. The molecule has 3 aromatic heterocycles. The first-order valence-corrected chi connectivity index (χ1v) is 6.46. The number of anilines is 1. The fourth-order valence-corrected chi connectivity index (χ4v) is 2.09. The molecule has 3 rings (SSSR count). The Hall–Kier alpha value is -2.08. The van der Waals surface area contributed by atoms with Gasteiger partial charge in [0.05, 0.1) is 12.0 Å². The van der Waals surface area contributed by atoms with Gasteiger partial charge in [0, 0.05) is 22.3 Å². The van der Waals surface area contributed by atoms with Crippen LogP contribution in [-0.2, 0) is 0 Å². The van der Waals surface area contributed by atoms with Crippen LogP contribution in [0, 0.1) is 6.92 Å². The van der Waals surface area contributed by atoms with Crippen molar-refractivity contribution in [3.05, 3.63) is 47.0 Å². The van der Waals surface area contributed by atoms with Gasteiger partial charge >= 0.3 is 0 Å². The number of rotatable bonds is 2. The highest BCUT2D eigenvalue weighted by Crippen LogP contribution is 2.26. The predicted molar refractivity (Wildman–Crippen MR) is 75.9 cm³/mol. The topological polar surface area (TPSA) is 69.9 Å². The van der Waals surface area contributed by atoms with Gasteiger partial charge in [-0.25, -0.2) is 4.98 Å². The first-order chi connectivity index (χ1) is 9.15. The first kappa shape index (κ1) is 12.0. The minimum absolute atomic E-state index is 0.533. The molecule has 0 saturated heterocycles. The van der Waals surface area contributed by atoms with Crippen LogP contribution < -0.4 is 5.73 Å². The van der Waals surface area contributed by atoms with E-state index in [1.807, 2.05) is 31.2 Å². The van der Waals surface area contributed by atoms with E-state index in [9.17, 15) is 0 Å². The maximum absolute atomic E-state index is 5.99. The summed E-state index contributed by atoms with van der Waals surface area (Å²) < 4.78 is 7.79. The average molecular weight is 319 g/mol. The van der Waals surface area contributed by atoms with Crippen LogP contribution in [0.4, 0.5) is 5.82 Å². The van der Waals surface area contributed by atoms with Crippen LogP contribution in [0.3, 0.4) is 0 Å². The molecule has 5 nitrogen and oxygen atoms in total. The lowest BCUT2D eigenvalue weighted by Gasteiger charge is -2.02. The molecule has 3 heterocycles. The van der Waals surface area contributed by atoms with Gasteiger partial charge in [-0.05, 0) is 41.1 Å². The molecule has 0 aliphatic rings. The quantitative estimate of drug-likeness (QED) is 0.787. The number of aromatic nitrogens is 3. The SMILES string of the molecule is Cc1occc1-c1cc(N)n(-c2ccc(Br)cn2)n1. The Balaban J connectivity index is 2.07. The Morgan fingerprint density at radius 2 is 2.16 bits per heavy atom. The molecule has 0 aliphatic heterocycles. The van der Waals surface area contributed by atoms with Gasteiger partial charge in [-0.3, -0.25) is 0 Å². The fourth-order valence-electron chi connectivity index (χ4n) is 1.85. The first-order valence-electron chi connectivity index (χ1n) is 5.67. The fraction of sp³-hybridized carbons (Fsp3) is 0.0769. The molecular weight excluding hydrogens is 308 g/mol. The van der Waals surface area contributed by atoms with Crippen molar-refractivity contribution in [2.75, 3.05) is 5.73 Å². The third kappa shape index (κ3) is 2.15. The van der Waals surface area contributed by atoms with Gasteiger partial charge in [0.1, 0.15) is 11.6 Å². The molecule has 3 aromatic rings. The highest BCUT2D eigenvalue weighted by Gasteiger charge is 2.12. The number of halogens is 1. The van der Waals surface area contributed by atoms with Crippen molar-refractivity contribution < 1.29 is 4.42 Å². The lowest BCUT2D eigenvalue weighted by molar-refractivity contribution is 0.535. The van der Waals surface area contributed by atoms with E-state index in [0.29, 0.717) is 11.6 Å². The van der Waals surface area contributed by atoms with Crippen molar-refractivity contribution in [1.29, 1.82) is 0 Å². The Morgan fingerprint density at radius 1 is 1.32 bits per heavy atom. The van der Waals surface area contributed by atoms with Crippen LogP contribution in [0.1, 0.15) is 5.76 Å². The molecule has 0 atom stereocenters. The number of nitrogen functional groups attached to an aromatic ring is 1. The Labute approximate surface area is 118 Å². The number of hydrogen-bond acceptors (Lipinski definition) is 4. The maximum Gasteiger partial charge on any atom is 0.155 e. The van der Waals surface area contributed by atoms with E-state index < -0.39 is 0 Å². The van der Waals surface area contributed by atoms with E-state index in [1.54, 1.807) is 17.1 Å². The number of nitrogens with two attached hydrogens (primary N) is 1. The second-order valence-electron chi connectivity index (χ2n) is 4.09. The molecule has 0 spiro atoms. The van der Waals surface area contributed by atoms with E-state index >= 15 is 0 Å². The molecule has 0 amide bonds. The van der Waals surface area contributed by atoms with Crippen molar-refractivity contribution >= 4 is 21.7 Å². The van der Waals surface area contributed by atoms with Crippen molar-refractivity contribution in [2.24, 2.45) is 0 Å². The van der Waals surface area contributed by atoms with Crippen LogP contribution in [0.5, 0.6) is 0 Å². The highest BCUT2D eigenvalue weighted by atomic mass is 79.9. The van der Waals surface area contributed by atoms with Crippen LogP contribution in [0.15, 0.2) is 45.6 Å². The second kappa shape index (κ2) is 4.55. The predicted octanol–water partition coefficient (Wildman–Crippen LogP) is 3.18. The monoisotopic (exact) mass is 318 g/mol. The van der Waals surface area contributed by atoms with E-state index in [4.69, 9.17) is 10.2 Å². The number of pyridine rings is 1. The smallest absolute Gasteiger partial charge is 0.155 e. The largest absolute Gasteiger partial charge is 0.469 e. The molecule has 0 fully saturated rings. The zero-order valence-corrected chi connectivity index (χ0v) is 11.8. The van der Waals surface area contributed by atoms with Crippen molar-refractivity contribution in [3.8, 4) is 17.1 Å². The number of hydrogen-bond donors (Lipinski definition) is 1. The number of nitrogens with zero attached hydrogens (tertiary/aromatic N) is 3. The van der Waals surface area contributed by atoms with Gasteiger partial charge in [-0.15, -0.1) is 0 Å². The summed E-state index contributed by atoms with van der Waals surface area (Å²) in [7, 11) is 0. The van der Waals surface area contributed by atoms with Gasteiger partial charge in [0.15, 0.2) is 5.82 Å². The molecule has 0 radical (unpaired) electrons. The molecule has 0 aromatic carbocycles. The number of furan rings is 1. The minimum Gasteiger partial charge on any atom is -0.469 e. The molecule has 0 aliphatic carbocycles. The van der Waals surface area contributed by atoms with E-state index in [0.717, 1.165) is 21.5 Å². The van der Waals surface area contributed by atoms with Gasteiger partial charge in [0.25, 0.3) is 0 Å². The van der Waals surface area contributed by atoms with Crippen LogP contribution >= 0.6 is 15.9 Å². The van der Waals surface area contributed by atoms with E-state index in [1.165, 1.54) is 0 Å². The molecule has 0 bridgehead atoms. The summed E-state index contributed by atoms with van der Waals surface area (Å²) in [5.41, 5.74) is 7.69. The molecule has 0 unspecified atom stereocenters. The molecule has 0 saturated carbocycles. The third-order valence-corrected chi connectivity index (χ3v) is 3.27. The third-order valence-electron chi connectivity index (χ3n) is 2.80. The zero-order chi connectivity index (χ0) is 13.4. The van der Waals surface area contributed by atoms with E-state index in [-0.39, 0.29) is 0 Å².